The third kappa shape index (κ3) is 6.65. The molecule has 0 aliphatic heterocycles. The molecule has 0 aliphatic carbocycles. The van der Waals surface area contributed by atoms with Gasteiger partial charge in [0.25, 0.3) is 0 Å². The van der Waals surface area contributed by atoms with Crippen molar-refractivity contribution in [3.63, 3.8) is 0 Å². The molecule has 0 atom stereocenters. The molecule has 0 saturated heterocycles. The van der Waals surface area contributed by atoms with Gasteiger partial charge in [0.15, 0.2) is 11.6 Å². The summed E-state index contributed by atoms with van der Waals surface area (Å²) in [5, 5.41) is 12.5. The molecular formula is C20H28N6O6. The maximum absolute atomic E-state index is 12.2. The van der Waals surface area contributed by atoms with Crippen LogP contribution in [0.5, 0.6) is 0 Å². The van der Waals surface area contributed by atoms with Crippen LogP contribution >= 0.6 is 0 Å². The molecule has 2 aromatic heterocycles. The molecule has 2 rings (SSSR count). The summed E-state index contributed by atoms with van der Waals surface area (Å²) >= 11 is 0. The fourth-order valence-corrected chi connectivity index (χ4v) is 2.40. The smallest absolute Gasteiger partial charge is 0.435 e. The molecule has 12 heteroatoms. The number of rotatable bonds is 2. The first-order valence-corrected chi connectivity index (χ1v) is 9.78. The Labute approximate surface area is 185 Å². The molecular weight excluding hydrogens is 420 g/mol. The second-order valence-electron chi connectivity index (χ2n) is 9.03. The molecule has 2 aromatic rings. The summed E-state index contributed by atoms with van der Waals surface area (Å²) in [6.07, 6.45) is -1.44. The van der Waals surface area contributed by atoms with Crippen molar-refractivity contribution in [1.82, 2.24) is 19.6 Å². The van der Waals surface area contributed by atoms with Crippen molar-refractivity contribution in [3.05, 3.63) is 23.5 Å². The zero-order valence-corrected chi connectivity index (χ0v) is 19.4. The first-order chi connectivity index (χ1) is 14.6. The van der Waals surface area contributed by atoms with E-state index < -0.39 is 35.2 Å². The van der Waals surface area contributed by atoms with Gasteiger partial charge in [0.2, 0.25) is 0 Å². The van der Waals surface area contributed by atoms with Crippen LogP contribution in [-0.4, -0.2) is 54.8 Å². The topological polar surface area (TPSA) is 146 Å². The minimum Gasteiger partial charge on any atom is -0.442 e. The Morgan fingerprint density at radius 2 is 1.03 bits per heavy atom. The van der Waals surface area contributed by atoms with E-state index in [1.165, 1.54) is 12.1 Å². The highest BCUT2D eigenvalue weighted by Crippen LogP contribution is 2.15. The fraction of sp³-hybridized carbons (Fsp3) is 0.500. The van der Waals surface area contributed by atoms with Crippen molar-refractivity contribution in [2.75, 3.05) is 10.6 Å². The molecule has 2 N–H and O–H groups in total. The van der Waals surface area contributed by atoms with Crippen molar-refractivity contribution < 1.29 is 28.7 Å². The molecule has 0 fully saturated rings. The van der Waals surface area contributed by atoms with E-state index in [9.17, 15) is 19.2 Å². The average molecular weight is 448 g/mol. The van der Waals surface area contributed by atoms with Crippen LogP contribution in [0.3, 0.4) is 0 Å². The molecule has 0 unspecified atom stereocenters. The van der Waals surface area contributed by atoms with Crippen molar-refractivity contribution in [2.24, 2.45) is 0 Å². The SMILES string of the molecule is Cc1cc(NC(=O)C(=O)Nc2cc(C)n(C(=O)OC(C)(C)C)n2)nn1C(=O)OC(C)(C)C. The summed E-state index contributed by atoms with van der Waals surface area (Å²) in [4.78, 5) is 48.8. The number of carbonyl (C=O) groups excluding carboxylic acids is 4. The molecule has 0 aliphatic rings. The van der Waals surface area contributed by atoms with Gasteiger partial charge in [-0.2, -0.15) is 9.36 Å². The lowest BCUT2D eigenvalue weighted by Crippen LogP contribution is -2.30. The number of hydrogen-bond donors (Lipinski definition) is 2. The van der Waals surface area contributed by atoms with Crippen LogP contribution in [0.1, 0.15) is 52.9 Å². The minimum absolute atomic E-state index is 0.0102. The third-order valence-electron chi connectivity index (χ3n) is 3.60. The molecule has 2 amide bonds. The zero-order chi connectivity index (χ0) is 24.4. The summed E-state index contributed by atoms with van der Waals surface area (Å²) < 4.78 is 12.4. The van der Waals surface area contributed by atoms with Crippen LogP contribution in [0.2, 0.25) is 0 Å². The van der Waals surface area contributed by atoms with E-state index in [2.05, 4.69) is 20.8 Å². The number of nitrogens with one attached hydrogen (secondary N) is 2. The number of ether oxygens (including phenoxy) is 2. The van der Waals surface area contributed by atoms with Crippen LogP contribution in [0.25, 0.3) is 0 Å². The molecule has 0 bridgehead atoms. The van der Waals surface area contributed by atoms with Gasteiger partial charge >= 0.3 is 24.0 Å². The lowest BCUT2D eigenvalue weighted by atomic mass is 10.2. The van der Waals surface area contributed by atoms with E-state index in [-0.39, 0.29) is 11.6 Å². The van der Waals surface area contributed by atoms with Gasteiger partial charge in [-0.3, -0.25) is 9.59 Å². The molecule has 0 saturated carbocycles. The molecule has 32 heavy (non-hydrogen) atoms. The van der Waals surface area contributed by atoms with Crippen LogP contribution < -0.4 is 10.6 Å². The lowest BCUT2D eigenvalue weighted by Gasteiger charge is -2.19. The van der Waals surface area contributed by atoms with Crippen LogP contribution in [-0.2, 0) is 19.1 Å². The Morgan fingerprint density at radius 3 is 1.31 bits per heavy atom. The molecule has 174 valence electrons. The zero-order valence-electron chi connectivity index (χ0n) is 19.4. The summed E-state index contributed by atoms with van der Waals surface area (Å²) in [5.41, 5.74) is -0.637. The first kappa shape index (κ1) is 24.6. The Hall–Kier alpha value is -3.70. The van der Waals surface area contributed by atoms with Crippen molar-refractivity contribution >= 4 is 35.6 Å². The third-order valence-corrected chi connectivity index (χ3v) is 3.60. The van der Waals surface area contributed by atoms with Gasteiger partial charge < -0.3 is 20.1 Å². The van der Waals surface area contributed by atoms with E-state index in [1.807, 2.05) is 0 Å². The Bertz CT molecular complexity index is 970. The first-order valence-electron chi connectivity index (χ1n) is 9.78. The van der Waals surface area contributed by atoms with E-state index in [4.69, 9.17) is 9.47 Å². The largest absolute Gasteiger partial charge is 0.442 e. The van der Waals surface area contributed by atoms with E-state index in [1.54, 1.807) is 55.4 Å². The summed E-state index contributed by atoms with van der Waals surface area (Å²) in [5.74, 6) is -2.10. The molecule has 0 aromatic carbocycles. The number of aryl methyl sites for hydroxylation is 2. The molecule has 0 spiro atoms. The highest BCUT2D eigenvalue weighted by atomic mass is 16.6. The highest BCUT2D eigenvalue weighted by Gasteiger charge is 2.24. The highest BCUT2D eigenvalue weighted by molar-refractivity contribution is 6.43. The summed E-state index contributed by atoms with van der Waals surface area (Å²) in [6, 6.07) is 2.83. The predicted octanol–water partition coefficient (Wildman–Crippen LogP) is 2.84. The normalized spacial score (nSPS) is 11.6. The fourth-order valence-electron chi connectivity index (χ4n) is 2.40. The maximum atomic E-state index is 12.2. The monoisotopic (exact) mass is 448 g/mol. The van der Waals surface area contributed by atoms with E-state index in [0.717, 1.165) is 9.36 Å². The van der Waals surface area contributed by atoms with E-state index >= 15 is 0 Å². The van der Waals surface area contributed by atoms with Crippen molar-refractivity contribution in [3.8, 4) is 0 Å². The molecule has 0 radical (unpaired) electrons. The summed E-state index contributed by atoms with van der Waals surface area (Å²) in [6.45, 7) is 13.5. The number of nitrogens with zero attached hydrogens (tertiary/aromatic N) is 4. The van der Waals surface area contributed by atoms with Crippen LogP contribution in [0.15, 0.2) is 12.1 Å². The van der Waals surface area contributed by atoms with Gasteiger partial charge in [-0.15, -0.1) is 10.2 Å². The minimum atomic E-state index is -1.04. The predicted molar refractivity (Wildman–Crippen MR) is 114 cm³/mol. The Morgan fingerprint density at radius 1 is 0.719 bits per heavy atom. The van der Waals surface area contributed by atoms with Crippen molar-refractivity contribution in [2.45, 2.75) is 66.6 Å². The van der Waals surface area contributed by atoms with Gasteiger partial charge in [-0.05, 0) is 55.4 Å². The molecule has 12 nitrogen and oxygen atoms in total. The number of amides is 2. The number of hydrogen-bond acceptors (Lipinski definition) is 8. The number of anilines is 2. The second kappa shape index (κ2) is 8.81. The van der Waals surface area contributed by atoms with Gasteiger partial charge in [0.1, 0.15) is 11.2 Å². The molecule has 2 heterocycles. The quantitative estimate of drug-likeness (QED) is 0.667. The summed E-state index contributed by atoms with van der Waals surface area (Å²) in [7, 11) is 0. The van der Waals surface area contributed by atoms with Gasteiger partial charge in [0, 0.05) is 23.5 Å². The van der Waals surface area contributed by atoms with Gasteiger partial charge in [0.05, 0.1) is 0 Å². The van der Waals surface area contributed by atoms with Crippen molar-refractivity contribution in [1.29, 1.82) is 0 Å². The van der Waals surface area contributed by atoms with Crippen LogP contribution in [0, 0.1) is 13.8 Å². The standard InChI is InChI=1S/C20H28N6O6/c1-11-9-13(23-25(11)17(29)31-19(3,4)5)21-15(27)16(28)22-14-10-12(2)26(24-14)18(30)32-20(6,7)8/h9-10H,1-8H3,(H,21,23,27)(H,22,24,28). The number of carbonyl (C=O) groups is 4. The number of aromatic nitrogens is 4. The maximum Gasteiger partial charge on any atom is 0.435 e. The average Bonchev–Trinajstić information content (AvgIpc) is 3.14. The lowest BCUT2D eigenvalue weighted by molar-refractivity contribution is -0.133. The second-order valence-corrected chi connectivity index (χ2v) is 9.03. The van der Waals surface area contributed by atoms with Crippen LogP contribution in [0.4, 0.5) is 21.2 Å². The van der Waals surface area contributed by atoms with E-state index in [0.29, 0.717) is 11.4 Å². The Kier molecular flexibility index (Phi) is 6.76. The van der Waals surface area contributed by atoms with Gasteiger partial charge in [-0.1, -0.05) is 0 Å². The Balaban J connectivity index is 2.05. The van der Waals surface area contributed by atoms with Gasteiger partial charge in [-0.25, -0.2) is 9.59 Å².